The highest BCUT2D eigenvalue weighted by Gasteiger charge is 2.06. The lowest BCUT2D eigenvalue weighted by Crippen LogP contribution is -2.36. The Kier molecular flexibility index (Phi) is 8.12. The smallest absolute Gasteiger partial charge is 0.191 e. The average Bonchev–Trinajstić information content (AvgIpc) is 3.03. The SMILES string of the molecule is CN=C(NCc1ccc(-n2nc(C)cc2C)nc1)NCc1ccc(F)c(C)c1.I. The molecule has 0 aliphatic carbocycles. The van der Waals surface area contributed by atoms with Gasteiger partial charge in [0.05, 0.1) is 5.69 Å². The van der Waals surface area contributed by atoms with Crippen LogP contribution in [-0.2, 0) is 13.1 Å². The van der Waals surface area contributed by atoms with Crippen molar-refractivity contribution < 1.29 is 4.39 Å². The van der Waals surface area contributed by atoms with E-state index in [0.717, 1.165) is 28.3 Å². The van der Waals surface area contributed by atoms with Crippen molar-refractivity contribution in [2.75, 3.05) is 7.05 Å². The predicted octanol–water partition coefficient (Wildman–Crippen LogP) is 3.81. The Balaban J connectivity index is 0.00000300. The third-order valence-electron chi connectivity index (χ3n) is 4.40. The number of halogens is 2. The minimum absolute atomic E-state index is 0. The van der Waals surface area contributed by atoms with Crippen molar-refractivity contribution in [3.8, 4) is 5.82 Å². The third-order valence-corrected chi connectivity index (χ3v) is 4.40. The van der Waals surface area contributed by atoms with Crippen molar-refractivity contribution in [3.63, 3.8) is 0 Å². The zero-order valence-corrected chi connectivity index (χ0v) is 19.4. The maximum absolute atomic E-state index is 13.4. The van der Waals surface area contributed by atoms with E-state index in [2.05, 4.69) is 25.7 Å². The van der Waals surface area contributed by atoms with Crippen molar-refractivity contribution >= 4 is 29.9 Å². The van der Waals surface area contributed by atoms with Crippen LogP contribution < -0.4 is 10.6 Å². The van der Waals surface area contributed by atoms with Crippen molar-refractivity contribution in [2.45, 2.75) is 33.9 Å². The highest BCUT2D eigenvalue weighted by Crippen LogP contribution is 2.11. The molecule has 0 saturated heterocycles. The number of nitrogens with zero attached hydrogens (tertiary/aromatic N) is 4. The monoisotopic (exact) mass is 508 g/mol. The largest absolute Gasteiger partial charge is 0.352 e. The number of hydrogen-bond donors (Lipinski definition) is 2. The molecule has 0 spiro atoms. The summed E-state index contributed by atoms with van der Waals surface area (Å²) in [6.07, 6.45) is 1.83. The summed E-state index contributed by atoms with van der Waals surface area (Å²) >= 11 is 0. The molecule has 2 aromatic heterocycles. The molecule has 3 rings (SSSR count). The van der Waals surface area contributed by atoms with E-state index in [9.17, 15) is 4.39 Å². The van der Waals surface area contributed by atoms with Gasteiger partial charge in [-0.05, 0) is 55.7 Å². The van der Waals surface area contributed by atoms with Gasteiger partial charge in [-0.25, -0.2) is 14.1 Å². The van der Waals surface area contributed by atoms with Crippen LogP contribution in [0.4, 0.5) is 4.39 Å². The van der Waals surface area contributed by atoms with Crippen LogP contribution >= 0.6 is 24.0 Å². The molecule has 29 heavy (non-hydrogen) atoms. The summed E-state index contributed by atoms with van der Waals surface area (Å²) < 4.78 is 15.2. The second-order valence-electron chi connectivity index (χ2n) is 6.73. The summed E-state index contributed by atoms with van der Waals surface area (Å²) in [5.74, 6) is 1.27. The third kappa shape index (κ3) is 5.99. The maximum Gasteiger partial charge on any atom is 0.191 e. The minimum atomic E-state index is -0.192. The lowest BCUT2D eigenvalue weighted by Gasteiger charge is -2.13. The summed E-state index contributed by atoms with van der Waals surface area (Å²) in [6, 6.07) is 11.1. The van der Waals surface area contributed by atoms with Gasteiger partial charge in [0.2, 0.25) is 0 Å². The number of guanidine groups is 1. The molecule has 0 unspecified atom stereocenters. The van der Waals surface area contributed by atoms with Gasteiger partial charge in [-0.2, -0.15) is 5.10 Å². The van der Waals surface area contributed by atoms with E-state index in [1.807, 2.05) is 49.0 Å². The fraction of sp³-hybridized carbons (Fsp3) is 0.286. The van der Waals surface area contributed by atoms with E-state index in [4.69, 9.17) is 0 Å². The number of aliphatic imine (C=N–C) groups is 1. The molecule has 0 bridgehead atoms. The number of nitrogens with one attached hydrogen (secondary N) is 2. The van der Waals surface area contributed by atoms with Gasteiger partial charge in [-0.1, -0.05) is 18.2 Å². The van der Waals surface area contributed by atoms with Gasteiger partial charge in [-0.15, -0.1) is 24.0 Å². The molecule has 3 aromatic rings. The second-order valence-corrected chi connectivity index (χ2v) is 6.73. The molecule has 2 N–H and O–H groups in total. The molecule has 0 amide bonds. The molecular weight excluding hydrogens is 482 g/mol. The fourth-order valence-electron chi connectivity index (χ4n) is 2.92. The van der Waals surface area contributed by atoms with E-state index >= 15 is 0 Å². The number of pyridine rings is 1. The van der Waals surface area contributed by atoms with Crippen LogP contribution in [0.1, 0.15) is 28.1 Å². The second kappa shape index (κ2) is 10.3. The van der Waals surface area contributed by atoms with E-state index in [1.165, 1.54) is 6.07 Å². The Labute approximate surface area is 187 Å². The van der Waals surface area contributed by atoms with E-state index in [1.54, 1.807) is 20.0 Å². The normalized spacial score (nSPS) is 11.1. The Hall–Kier alpha value is -2.49. The predicted molar refractivity (Wildman–Crippen MR) is 124 cm³/mol. The van der Waals surface area contributed by atoms with Gasteiger partial charge in [0.15, 0.2) is 11.8 Å². The maximum atomic E-state index is 13.4. The quantitative estimate of drug-likeness (QED) is 0.313. The van der Waals surface area contributed by atoms with Crippen molar-refractivity contribution in [1.29, 1.82) is 0 Å². The molecule has 0 aliphatic heterocycles. The first-order chi connectivity index (χ1) is 13.5. The molecule has 8 heteroatoms. The Morgan fingerprint density at radius 1 is 1.03 bits per heavy atom. The van der Waals surface area contributed by atoms with Gasteiger partial charge in [0, 0.05) is 32.0 Å². The van der Waals surface area contributed by atoms with Crippen LogP contribution in [0.5, 0.6) is 0 Å². The molecule has 0 radical (unpaired) electrons. The molecular formula is C21H26FIN6. The highest BCUT2D eigenvalue weighted by molar-refractivity contribution is 14.0. The van der Waals surface area contributed by atoms with E-state index < -0.39 is 0 Å². The van der Waals surface area contributed by atoms with Crippen molar-refractivity contribution in [2.24, 2.45) is 4.99 Å². The van der Waals surface area contributed by atoms with Crippen molar-refractivity contribution in [3.05, 3.63) is 76.5 Å². The van der Waals surface area contributed by atoms with E-state index in [-0.39, 0.29) is 29.8 Å². The van der Waals surface area contributed by atoms with Gasteiger partial charge in [-0.3, -0.25) is 4.99 Å². The lowest BCUT2D eigenvalue weighted by atomic mass is 10.1. The van der Waals surface area contributed by atoms with Crippen LogP contribution in [0.15, 0.2) is 47.6 Å². The molecule has 0 atom stereocenters. The summed E-state index contributed by atoms with van der Waals surface area (Å²) in [6.45, 7) is 6.89. The lowest BCUT2D eigenvalue weighted by molar-refractivity contribution is 0.617. The zero-order chi connectivity index (χ0) is 20.1. The first kappa shape index (κ1) is 22.8. The average molecular weight is 508 g/mol. The molecule has 0 saturated carbocycles. The number of rotatable bonds is 5. The van der Waals surface area contributed by atoms with Gasteiger partial charge >= 0.3 is 0 Å². The van der Waals surface area contributed by atoms with Gasteiger partial charge in [0.25, 0.3) is 0 Å². The summed E-state index contributed by atoms with van der Waals surface area (Å²) in [5, 5.41) is 10.9. The zero-order valence-electron chi connectivity index (χ0n) is 17.0. The Morgan fingerprint density at radius 3 is 2.28 bits per heavy atom. The van der Waals surface area contributed by atoms with Crippen LogP contribution in [0.2, 0.25) is 0 Å². The number of benzene rings is 1. The molecule has 6 nitrogen and oxygen atoms in total. The fourth-order valence-corrected chi connectivity index (χ4v) is 2.92. The first-order valence-electron chi connectivity index (χ1n) is 9.14. The molecule has 2 heterocycles. The molecule has 0 fully saturated rings. The summed E-state index contributed by atoms with van der Waals surface area (Å²) in [7, 11) is 1.72. The Morgan fingerprint density at radius 2 is 1.72 bits per heavy atom. The number of aromatic nitrogens is 3. The molecule has 1 aromatic carbocycles. The first-order valence-corrected chi connectivity index (χ1v) is 9.14. The highest BCUT2D eigenvalue weighted by atomic mass is 127. The van der Waals surface area contributed by atoms with Crippen LogP contribution in [0.3, 0.4) is 0 Å². The Bertz CT molecular complexity index is 981. The summed E-state index contributed by atoms with van der Waals surface area (Å²) in [4.78, 5) is 8.73. The molecule has 0 aliphatic rings. The standard InChI is InChI=1S/C21H25FN6.HI/c1-14-9-17(5-7-19(14)22)11-25-21(23-4)26-13-18-6-8-20(24-12-18)28-16(3)10-15(2)27-28;/h5-10,12H,11,13H2,1-4H3,(H2,23,25,26);1H. The van der Waals surface area contributed by atoms with Crippen LogP contribution in [0.25, 0.3) is 5.82 Å². The van der Waals surface area contributed by atoms with E-state index in [0.29, 0.717) is 24.6 Å². The summed E-state index contributed by atoms with van der Waals surface area (Å²) in [5.41, 5.74) is 4.69. The van der Waals surface area contributed by atoms with Gasteiger partial charge in [0.1, 0.15) is 5.82 Å². The number of hydrogen-bond acceptors (Lipinski definition) is 3. The van der Waals surface area contributed by atoms with Crippen LogP contribution in [-0.4, -0.2) is 27.8 Å². The topological polar surface area (TPSA) is 67.1 Å². The minimum Gasteiger partial charge on any atom is -0.352 e. The van der Waals surface area contributed by atoms with Crippen molar-refractivity contribution in [1.82, 2.24) is 25.4 Å². The molecule has 154 valence electrons. The van der Waals surface area contributed by atoms with Gasteiger partial charge < -0.3 is 10.6 Å². The van der Waals surface area contributed by atoms with Crippen LogP contribution in [0, 0.1) is 26.6 Å². The number of aryl methyl sites for hydroxylation is 3.